The van der Waals surface area contributed by atoms with Gasteiger partial charge in [-0.3, -0.25) is 4.79 Å². The predicted octanol–water partition coefficient (Wildman–Crippen LogP) is 6.05. The molecular weight excluding hydrogens is 363 g/mol. The van der Waals surface area contributed by atoms with Crippen LogP contribution in [0.3, 0.4) is 0 Å². The molecule has 0 fully saturated rings. The van der Waals surface area contributed by atoms with Gasteiger partial charge in [-0.1, -0.05) is 69.4 Å². The third-order valence-corrected chi connectivity index (χ3v) is 5.69. The number of hydrogen-bond donors (Lipinski definition) is 0. The standard InChI is InChI=1S/C21H23O5P/c1-2-3-4-5-6-10-13-23-19-16(18(22)15-11-8-7-9-12-15)14-17-20-21(19)26-27(24-17)25-20/h7-9,11-12,14H,2-6,10,13H2,1H3. The first kappa shape index (κ1) is 18.1. The van der Waals surface area contributed by atoms with Crippen molar-refractivity contribution in [1.29, 1.82) is 0 Å². The number of carbonyl (C=O) groups is 1. The zero-order valence-corrected chi connectivity index (χ0v) is 16.3. The Labute approximate surface area is 160 Å². The van der Waals surface area contributed by atoms with E-state index in [1.807, 2.05) is 18.2 Å². The van der Waals surface area contributed by atoms with Gasteiger partial charge < -0.3 is 18.3 Å². The first-order valence-corrected chi connectivity index (χ1v) is 10.6. The van der Waals surface area contributed by atoms with E-state index >= 15 is 0 Å². The molecule has 2 aliphatic heterocycles. The van der Waals surface area contributed by atoms with Gasteiger partial charge in [0.1, 0.15) is 0 Å². The second-order valence-electron chi connectivity index (χ2n) is 6.72. The number of rotatable bonds is 10. The van der Waals surface area contributed by atoms with Crippen LogP contribution >= 0.6 is 8.60 Å². The van der Waals surface area contributed by atoms with Gasteiger partial charge in [-0.25, -0.2) is 0 Å². The lowest BCUT2D eigenvalue weighted by Gasteiger charge is -2.17. The van der Waals surface area contributed by atoms with Crippen molar-refractivity contribution in [2.45, 2.75) is 45.4 Å². The quantitative estimate of drug-likeness (QED) is 0.283. The SMILES string of the molecule is CCCCCCCCOc1c(C(=O)c2ccccc2)cc2c3c1OP(O2)O3. The maximum Gasteiger partial charge on any atom is 0.530 e. The third kappa shape index (κ3) is 3.74. The van der Waals surface area contributed by atoms with Crippen LogP contribution in [0, 0.1) is 0 Å². The van der Waals surface area contributed by atoms with E-state index in [2.05, 4.69) is 6.92 Å². The van der Waals surface area contributed by atoms with E-state index in [1.54, 1.807) is 18.2 Å². The summed E-state index contributed by atoms with van der Waals surface area (Å²) < 4.78 is 22.9. The Bertz CT molecular complexity index is 821. The number of ether oxygens (including phenoxy) is 1. The molecule has 1 atom stereocenters. The van der Waals surface area contributed by atoms with Crippen LogP contribution in [0.4, 0.5) is 0 Å². The summed E-state index contributed by atoms with van der Waals surface area (Å²) in [5.74, 6) is 2.00. The third-order valence-electron chi connectivity index (χ3n) is 4.69. The summed E-state index contributed by atoms with van der Waals surface area (Å²) in [5.41, 5.74) is 1.07. The van der Waals surface area contributed by atoms with Crippen molar-refractivity contribution in [2.75, 3.05) is 6.61 Å². The number of unbranched alkanes of at least 4 members (excludes halogenated alkanes) is 5. The van der Waals surface area contributed by atoms with Crippen LogP contribution in [0.25, 0.3) is 0 Å². The van der Waals surface area contributed by atoms with E-state index in [0.29, 0.717) is 40.7 Å². The molecule has 0 saturated heterocycles. The van der Waals surface area contributed by atoms with Crippen LogP contribution in [0.1, 0.15) is 61.4 Å². The van der Waals surface area contributed by atoms with Crippen molar-refractivity contribution in [3.63, 3.8) is 0 Å². The lowest BCUT2D eigenvalue weighted by molar-refractivity contribution is 0.103. The van der Waals surface area contributed by atoms with Crippen LogP contribution in [-0.4, -0.2) is 12.4 Å². The molecule has 2 aromatic carbocycles. The summed E-state index contributed by atoms with van der Waals surface area (Å²) in [6, 6.07) is 10.9. The summed E-state index contributed by atoms with van der Waals surface area (Å²) in [5, 5.41) is 0. The van der Waals surface area contributed by atoms with Crippen molar-refractivity contribution in [1.82, 2.24) is 0 Å². The molecule has 4 rings (SSSR count). The van der Waals surface area contributed by atoms with Crippen molar-refractivity contribution >= 4 is 14.4 Å². The van der Waals surface area contributed by atoms with Crippen LogP contribution in [-0.2, 0) is 0 Å². The summed E-state index contributed by atoms with van der Waals surface area (Å²) in [7, 11) is -1.42. The summed E-state index contributed by atoms with van der Waals surface area (Å²) in [6.45, 7) is 2.76. The maximum absolute atomic E-state index is 13.0. The molecule has 2 aliphatic rings. The highest BCUT2D eigenvalue weighted by Gasteiger charge is 2.45. The highest BCUT2D eigenvalue weighted by Crippen LogP contribution is 2.67. The minimum absolute atomic E-state index is 0.108. The average Bonchev–Trinajstić information content (AvgIpc) is 3.30. The number of carbonyl (C=O) groups excluding carboxylic acids is 1. The molecule has 0 radical (unpaired) electrons. The highest BCUT2D eigenvalue weighted by molar-refractivity contribution is 7.44. The molecule has 0 saturated carbocycles. The fourth-order valence-electron chi connectivity index (χ4n) is 3.24. The van der Waals surface area contributed by atoms with E-state index in [0.717, 1.165) is 12.8 Å². The summed E-state index contributed by atoms with van der Waals surface area (Å²) >= 11 is 0. The van der Waals surface area contributed by atoms with Crippen LogP contribution in [0.2, 0.25) is 0 Å². The largest absolute Gasteiger partial charge is 0.530 e. The Morgan fingerprint density at radius 1 is 0.963 bits per heavy atom. The van der Waals surface area contributed by atoms with E-state index < -0.39 is 8.60 Å². The fourth-order valence-corrected chi connectivity index (χ4v) is 4.28. The Hall–Kier alpha value is -2.26. The Morgan fingerprint density at radius 3 is 2.48 bits per heavy atom. The number of ketones is 1. The molecular formula is C21H23O5P. The fraction of sp³-hybridized carbons (Fsp3) is 0.381. The number of benzene rings is 2. The van der Waals surface area contributed by atoms with Crippen molar-refractivity contribution < 1.29 is 23.1 Å². The lowest BCUT2D eigenvalue weighted by atomic mass is 10.0. The van der Waals surface area contributed by atoms with Gasteiger partial charge in [0, 0.05) is 5.56 Å². The predicted molar refractivity (Wildman–Crippen MR) is 104 cm³/mol. The molecule has 0 aliphatic carbocycles. The molecule has 0 aromatic heterocycles. The molecule has 5 nitrogen and oxygen atoms in total. The second kappa shape index (κ2) is 8.18. The van der Waals surface area contributed by atoms with Gasteiger partial charge in [0.15, 0.2) is 17.3 Å². The van der Waals surface area contributed by atoms with E-state index in [9.17, 15) is 4.79 Å². The van der Waals surface area contributed by atoms with Gasteiger partial charge in [0.25, 0.3) is 0 Å². The molecule has 27 heavy (non-hydrogen) atoms. The van der Waals surface area contributed by atoms with E-state index in [-0.39, 0.29) is 5.78 Å². The lowest BCUT2D eigenvalue weighted by Crippen LogP contribution is -2.09. The Kier molecular flexibility index (Phi) is 5.49. The minimum Gasteiger partial charge on any atom is -0.489 e. The summed E-state index contributed by atoms with van der Waals surface area (Å²) in [4.78, 5) is 13.0. The van der Waals surface area contributed by atoms with Gasteiger partial charge in [-0.05, 0) is 12.5 Å². The second-order valence-corrected chi connectivity index (χ2v) is 7.71. The zero-order valence-electron chi connectivity index (χ0n) is 15.4. The van der Waals surface area contributed by atoms with Gasteiger partial charge in [-0.2, -0.15) is 0 Å². The van der Waals surface area contributed by atoms with Gasteiger partial charge in [0.05, 0.1) is 12.2 Å². The average molecular weight is 386 g/mol. The van der Waals surface area contributed by atoms with Crippen molar-refractivity contribution in [3.05, 3.63) is 47.5 Å². The molecule has 142 valence electrons. The molecule has 0 N–H and O–H groups in total. The topological polar surface area (TPSA) is 54.0 Å². The first-order chi connectivity index (χ1) is 13.3. The molecule has 0 spiro atoms. The number of hydrogen-bond acceptors (Lipinski definition) is 5. The maximum atomic E-state index is 13.0. The molecule has 2 bridgehead atoms. The van der Waals surface area contributed by atoms with Crippen molar-refractivity contribution in [2.24, 2.45) is 0 Å². The normalized spacial score (nSPS) is 15.8. The van der Waals surface area contributed by atoms with Gasteiger partial charge >= 0.3 is 8.60 Å². The van der Waals surface area contributed by atoms with Crippen LogP contribution < -0.4 is 18.3 Å². The molecule has 1 unspecified atom stereocenters. The molecule has 6 heteroatoms. The monoisotopic (exact) mass is 386 g/mol. The smallest absolute Gasteiger partial charge is 0.489 e. The van der Waals surface area contributed by atoms with Crippen molar-refractivity contribution in [3.8, 4) is 23.0 Å². The molecule has 2 aromatic rings. The Balaban J connectivity index is 1.51. The van der Waals surface area contributed by atoms with Crippen LogP contribution in [0.15, 0.2) is 36.4 Å². The van der Waals surface area contributed by atoms with E-state index in [1.165, 1.54) is 25.7 Å². The van der Waals surface area contributed by atoms with Gasteiger partial charge in [0.2, 0.25) is 11.5 Å². The highest BCUT2D eigenvalue weighted by atomic mass is 31.2. The van der Waals surface area contributed by atoms with E-state index in [4.69, 9.17) is 18.3 Å². The molecule has 0 amide bonds. The Morgan fingerprint density at radius 2 is 1.70 bits per heavy atom. The van der Waals surface area contributed by atoms with Gasteiger partial charge in [-0.15, -0.1) is 0 Å². The van der Waals surface area contributed by atoms with Crippen LogP contribution in [0.5, 0.6) is 23.0 Å². The molecule has 2 heterocycles. The zero-order chi connectivity index (χ0) is 18.6. The summed E-state index contributed by atoms with van der Waals surface area (Å²) in [6.07, 6.45) is 7.06. The first-order valence-electron chi connectivity index (χ1n) is 9.55. The number of fused-ring (bicyclic) bond motifs is 1. The minimum atomic E-state index is -1.42.